The lowest BCUT2D eigenvalue weighted by atomic mass is 10.4. The van der Waals surface area contributed by atoms with Gasteiger partial charge in [-0.3, -0.25) is 4.40 Å². The molecule has 0 radical (unpaired) electrons. The molecular weight excluding hydrogens is 248 g/mol. The van der Waals surface area contributed by atoms with E-state index in [9.17, 15) is 4.79 Å². The van der Waals surface area contributed by atoms with Crippen LogP contribution in [0.3, 0.4) is 0 Å². The minimum atomic E-state index is -0.899. The van der Waals surface area contributed by atoms with Crippen molar-refractivity contribution < 1.29 is 9.90 Å². The summed E-state index contributed by atoms with van der Waals surface area (Å²) in [4.78, 5) is 15.4. The van der Waals surface area contributed by atoms with Gasteiger partial charge in [-0.2, -0.15) is 0 Å². The minimum Gasteiger partial charge on any atom is -0.477 e. The van der Waals surface area contributed by atoms with Gasteiger partial charge in [-0.05, 0) is 18.2 Å². The number of aliphatic carboxylic acids is 1. The third kappa shape index (κ3) is 1.48. The number of halogens is 1. The lowest BCUT2D eigenvalue weighted by Crippen LogP contribution is -2.03. The fraction of sp³-hybridized carbons (Fsp3) is 0. The van der Waals surface area contributed by atoms with Crippen molar-refractivity contribution in [3.63, 3.8) is 0 Å². The standard InChI is InChI=1S/C10H6N2O2S.ClH/c13-10(14)7-4-6-5-11-8-2-1-3-9(15-7)12(6)8;/h1-5H,(H,13,14);1H. The van der Waals surface area contributed by atoms with Crippen molar-refractivity contribution in [3.8, 4) is 0 Å². The molecule has 0 saturated heterocycles. The third-order valence-electron chi connectivity index (χ3n) is 2.23. The van der Waals surface area contributed by atoms with E-state index >= 15 is 0 Å². The van der Waals surface area contributed by atoms with Crippen LogP contribution in [0.5, 0.6) is 0 Å². The summed E-state index contributed by atoms with van der Waals surface area (Å²) < 4.78 is 1.94. The highest BCUT2D eigenvalue weighted by Gasteiger charge is 2.18. The summed E-state index contributed by atoms with van der Waals surface area (Å²) in [6, 6.07) is 5.66. The molecule has 0 atom stereocenters. The maximum absolute atomic E-state index is 10.9. The smallest absolute Gasteiger partial charge is 0.342 e. The maximum Gasteiger partial charge on any atom is 0.342 e. The summed E-state index contributed by atoms with van der Waals surface area (Å²) in [6.45, 7) is 0. The quantitative estimate of drug-likeness (QED) is 0.848. The van der Waals surface area contributed by atoms with Gasteiger partial charge in [0, 0.05) is 0 Å². The molecule has 0 aliphatic carbocycles. The molecule has 6 heteroatoms. The molecule has 0 saturated carbocycles. The van der Waals surface area contributed by atoms with E-state index in [4.69, 9.17) is 5.11 Å². The highest BCUT2D eigenvalue weighted by Crippen LogP contribution is 2.34. The van der Waals surface area contributed by atoms with Gasteiger partial charge in [0.15, 0.2) is 0 Å². The maximum atomic E-state index is 10.9. The number of nitrogens with zero attached hydrogens (tertiary/aromatic N) is 2. The number of carboxylic acid groups (broad SMARTS) is 1. The first-order chi connectivity index (χ1) is 7.25. The Labute approximate surface area is 101 Å². The van der Waals surface area contributed by atoms with Crippen molar-refractivity contribution in [2.24, 2.45) is 0 Å². The number of imidazole rings is 1. The lowest BCUT2D eigenvalue weighted by Gasteiger charge is -2.11. The normalized spacial score (nSPS) is 13.1. The van der Waals surface area contributed by atoms with Crippen molar-refractivity contribution in [2.75, 3.05) is 0 Å². The van der Waals surface area contributed by atoms with Crippen LogP contribution in [0.25, 0.3) is 11.7 Å². The van der Waals surface area contributed by atoms with Gasteiger partial charge in [0.2, 0.25) is 0 Å². The van der Waals surface area contributed by atoms with Gasteiger partial charge in [0.1, 0.15) is 10.6 Å². The van der Waals surface area contributed by atoms with E-state index < -0.39 is 5.97 Å². The molecule has 2 aromatic heterocycles. The van der Waals surface area contributed by atoms with Crippen molar-refractivity contribution in [1.82, 2.24) is 9.38 Å². The Balaban J connectivity index is 0.000000963. The molecule has 0 fully saturated rings. The molecule has 3 heterocycles. The predicted molar refractivity (Wildman–Crippen MR) is 63.9 cm³/mol. The van der Waals surface area contributed by atoms with Crippen molar-refractivity contribution in [3.05, 3.63) is 35.0 Å². The number of hydrogen-bond donors (Lipinski definition) is 1. The second kappa shape index (κ2) is 3.84. The molecule has 0 bridgehead atoms. The molecule has 0 aromatic carbocycles. The largest absolute Gasteiger partial charge is 0.477 e. The van der Waals surface area contributed by atoms with Gasteiger partial charge in [0.05, 0.1) is 16.9 Å². The second-order valence-electron chi connectivity index (χ2n) is 3.16. The fourth-order valence-electron chi connectivity index (χ4n) is 1.59. The van der Waals surface area contributed by atoms with E-state index in [1.807, 2.05) is 22.6 Å². The van der Waals surface area contributed by atoms with E-state index in [-0.39, 0.29) is 12.4 Å². The Morgan fingerprint density at radius 3 is 3.00 bits per heavy atom. The number of carbonyl (C=O) groups is 1. The van der Waals surface area contributed by atoms with Gasteiger partial charge >= 0.3 is 5.97 Å². The molecule has 1 N–H and O–H groups in total. The average Bonchev–Trinajstić information content (AvgIpc) is 2.64. The SMILES string of the molecule is Cl.O=C(O)C1=Cc2cnc3cccc(n23)S1. The molecule has 0 amide bonds. The van der Waals surface area contributed by atoms with Crippen LogP contribution in [0.15, 0.2) is 34.3 Å². The highest BCUT2D eigenvalue weighted by molar-refractivity contribution is 8.04. The molecule has 82 valence electrons. The zero-order chi connectivity index (χ0) is 10.4. The van der Waals surface area contributed by atoms with Crippen LogP contribution in [0.2, 0.25) is 0 Å². The summed E-state index contributed by atoms with van der Waals surface area (Å²) in [5.74, 6) is -0.899. The molecular formula is C10H7ClN2O2S. The van der Waals surface area contributed by atoms with Crippen LogP contribution in [-0.2, 0) is 4.79 Å². The Kier molecular flexibility index (Phi) is 2.65. The van der Waals surface area contributed by atoms with Gasteiger partial charge in [-0.1, -0.05) is 17.8 Å². The van der Waals surface area contributed by atoms with Crippen LogP contribution < -0.4 is 0 Å². The zero-order valence-corrected chi connectivity index (χ0v) is 9.59. The fourth-order valence-corrected chi connectivity index (χ4v) is 2.52. The Bertz CT molecular complexity index is 606. The van der Waals surface area contributed by atoms with Crippen LogP contribution in [0.4, 0.5) is 0 Å². The summed E-state index contributed by atoms with van der Waals surface area (Å²) in [7, 11) is 0. The summed E-state index contributed by atoms with van der Waals surface area (Å²) >= 11 is 1.25. The van der Waals surface area contributed by atoms with Gasteiger partial charge in [0.25, 0.3) is 0 Å². The van der Waals surface area contributed by atoms with E-state index in [1.54, 1.807) is 12.3 Å². The molecule has 2 aromatic rings. The average molecular weight is 255 g/mol. The zero-order valence-electron chi connectivity index (χ0n) is 7.95. The molecule has 3 rings (SSSR count). The Morgan fingerprint density at radius 2 is 2.25 bits per heavy atom. The van der Waals surface area contributed by atoms with Crippen LogP contribution in [-0.4, -0.2) is 20.5 Å². The first kappa shape index (κ1) is 11.0. The second-order valence-corrected chi connectivity index (χ2v) is 4.22. The van der Waals surface area contributed by atoms with Crippen molar-refractivity contribution >= 4 is 41.9 Å². The number of rotatable bonds is 1. The van der Waals surface area contributed by atoms with E-state index in [0.29, 0.717) is 4.91 Å². The number of thioether (sulfide) groups is 1. The number of carboxylic acids is 1. The van der Waals surface area contributed by atoms with Gasteiger partial charge in [-0.15, -0.1) is 12.4 Å². The molecule has 1 aliphatic heterocycles. The first-order valence-electron chi connectivity index (χ1n) is 4.35. The molecule has 1 aliphatic rings. The lowest BCUT2D eigenvalue weighted by molar-refractivity contribution is -0.131. The molecule has 4 nitrogen and oxygen atoms in total. The van der Waals surface area contributed by atoms with Crippen LogP contribution in [0, 0.1) is 0 Å². The monoisotopic (exact) mass is 254 g/mol. The van der Waals surface area contributed by atoms with Gasteiger partial charge in [-0.25, -0.2) is 9.78 Å². The number of hydrogen-bond acceptors (Lipinski definition) is 3. The molecule has 16 heavy (non-hydrogen) atoms. The van der Waals surface area contributed by atoms with E-state index in [0.717, 1.165) is 16.4 Å². The van der Waals surface area contributed by atoms with Gasteiger partial charge < -0.3 is 5.11 Å². The van der Waals surface area contributed by atoms with E-state index in [2.05, 4.69) is 4.98 Å². The van der Waals surface area contributed by atoms with Crippen LogP contribution in [0.1, 0.15) is 5.69 Å². The van der Waals surface area contributed by atoms with E-state index in [1.165, 1.54) is 11.8 Å². The topological polar surface area (TPSA) is 54.6 Å². The van der Waals surface area contributed by atoms with Crippen LogP contribution >= 0.6 is 24.2 Å². The summed E-state index contributed by atoms with van der Waals surface area (Å²) in [5, 5.41) is 9.83. The predicted octanol–water partition coefficient (Wildman–Crippen LogP) is 2.29. The van der Waals surface area contributed by atoms with Crippen molar-refractivity contribution in [1.29, 1.82) is 0 Å². The minimum absolute atomic E-state index is 0. The third-order valence-corrected chi connectivity index (χ3v) is 3.27. The Hall–Kier alpha value is -1.46. The van der Waals surface area contributed by atoms with Crippen molar-refractivity contribution in [2.45, 2.75) is 5.03 Å². The highest BCUT2D eigenvalue weighted by atomic mass is 35.5. The first-order valence-corrected chi connectivity index (χ1v) is 5.17. The summed E-state index contributed by atoms with van der Waals surface area (Å²) in [6.07, 6.45) is 3.32. The summed E-state index contributed by atoms with van der Waals surface area (Å²) in [5.41, 5.74) is 1.66. The number of aromatic nitrogens is 2. The molecule has 0 spiro atoms. The Morgan fingerprint density at radius 1 is 1.44 bits per heavy atom. The molecule has 0 unspecified atom stereocenters. The number of pyridine rings is 1.